The molecule has 0 N–H and O–H groups in total. The van der Waals surface area contributed by atoms with Crippen LogP contribution in [0.25, 0.3) is 32.3 Å². The van der Waals surface area contributed by atoms with Crippen LogP contribution in [0.3, 0.4) is 0 Å². The van der Waals surface area contributed by atoms with Crippen LogP contribution >= 0.6 is 0 Å². The molecule has 4 aromatic carbocycles. The van der Waals surface area contributed by atoms with E-state index in [9.17, 15) is 14.9 Å². The van der Waals surface area contributed by atoms with Gasteiger partial charge in [0.25, 0.3) is 5.69 Å². The van der Waals surface area contributed by atoms with E-state index in [1.165, 1.54) is 13.0 Å². The predicted molar refractivity (Wildman–Crippen MR) is 88.1 cm³/mol. The first-order chi connectivity index (χ1) is 11.1. The van der Waals surface area contributed by atoms with E-state index in [1.54, 1.807) is 12.1 Å². The van der Waals surface area contributed by atoms with Gasteiger partial charge in [-0.05, 0) is 22.9 Å². The lowest BCUT2D eigenvalue weighted by atomic mass is 9.93. The molecular weight excluding hydrogens is 294 g/mol. The Kier molecular flexibility index (Phi) is 2.72. The monoisotopic (exact) mass is 305 g/mol. The molecule has 4 aromatic rings. The third kappa shape index (κ3) is 1.90. The second kappa shape index (κ2) is 4.64. The third-order valence-corrected chi connectivity index (χ3v) is 4.04. The van der Waals surface area contributed by atoms with Crippen LogP contribution in [0.1, 0.15) is 6.92 Å². The van der Waals surface area contributed by atoms with Crippen molar-refractivity contribution in [3.8, 4) is 5.75 Å². The lowest BCUT2D eigenvalue weighted by Crippen LogP contribution is -2.02. The summed E-state index contributed by atoms with van der Waals surface area (Å²) in [5.74, 6) is -0.111. The largest absolute Gasteiger partial charge is 0.426 e. The summed E-state index contributed by atoms with van der Waals surface area (Å²) in [5, 5.41) is 16.2. The van der Waals surface area contributed by atoms with Crippen molar-refractivity contribution >= 4 is 44.0 Å². The Balaban J connectivity index is 2.29. The van der Waals surface area contributed by atoms with E-state index in [2.05, 4.69) is 0 Å². The van der Waals surface area contributed by atoms with E-state index in [1.807, 2.05) is 30.3 Å². The average Bonchev–Trinajstić information content (AvgIpc) is 2.52. The van der Waals surface area contributed by atoms with E-state index in [-0.39, 0.29) is 5.69 Å². The fraction of sp³-hybridized carbons (Fsp3) is 0.0556. The van der Waals surface area contributed by atoms with Crippen LogP contribution in [0.2, 0.25) is 0 Å². The van der Waals surface area contributed by atoms with Gasteiger partial charge in [0.15, 0.2) is 0 Å². The molecule has 0 fully saturated rings. The highest BCUT2D eigenvalue weighted by Crippen LogP contribution is 2.42. The summed E-state index contributed by atoms with van der Waals surface area (Å²) >= 11 is 0. The fourth-order valence-electron chi connectivity index (χ4n) is 3.17. The molecule has 0 bridgehead atoms. The van der Waals surface area contributed by atoms with Gasteiger partial charge in [0.2, 0.25) is 0 Å². The number of rotatable bonds is 2. The van der Waals surface area contributed by atoms with Gasteiger partial charge in [-0.25, -0.2) is 0 Å². The van der Waals surface area contributed by atoms with Gasteiger partial charge in [0, 0.05) is 29.1 Å². The van der Waals surface area contributed by atoms with E-state index in [0.717, 1.165) is 26.9 Å². The average molecular weight is 305 g/mol. The number of carbonyl (C=O) groups excluding carboxylic acids is 1. The Labute approximate surface area is 130 Å². The van der Waals surface area contributed by atoms with Crippen molar-refractivity contribution in [3.63, 3.8) is 0 Å². The van der Waals surface area contributed by atoms with Gasteiger partial charge >= 0.3 is 5.97 Å². The number of nitro groups is 1. The SMILES string of the molecule is CC(=O)Oc1cc2c([N+](=O)[O-])ccc3ccc4cccc1c4c32. The van der Waals surface area contributed by atoms with Crippen molar-refractivity contribution in [1.29, 1.82) is 0 Å². The maximum Gasteiger partial charge on any atom is 0.308 e. The number of benzene rings is 4. The molecule has 0 aromatic heterocycles. The summed E-state index contributed by atoms with van der Waals surface area (Å²) in [4.78, 5) is 22.4. The minimum absolute atomic E-state index is 0.00385. The summed E-state index contributed by atoms with van der Waals surface area (Å²) in [6.45, 7) is 1.32. The third-order valence-electron chi connectivity index (χ3n) is 4.04. The van der Waals surface area contributed by atoms with E-state index >= 15 is 0 Å². The van der Waals surface area contributed by atoms with Gasteiger partial charge in [-0.15, -0.1) is 0 Å². The van der Waals surface area contributed by atoms with Crippen LogP contribution in [0.5, 0.6) is 5.75 Å². The highest BCUT2D eigenvalue weighted by Gasteiger charge is 2.20. The zero-order chi connectivity index (χ0) is 16.1. The molecule has 0 radical (unpaired) electrons. The van der Waals surface area contributed by atoms with Crippen LogP contribution in [0, 0.1) is 10.1 Å². The normalized spacial score (nSPS) is 11.3. The Bertz CT molecular complexity index is 1100. The van der Waals surface area contributed by atoms with Crippen LogP contribution in [0.15, 0.2) is 48.5 Å². The number of carbonyl (C=O) groups is 1. The van der Waals surface area contributed by atoms with E-state index in [4.69, 9.17) is 4.74 Å². The van der Waals surface area contributed by atoms with Crippen molar-refractivity contribution in [2.24, 2.45) is 0 Å². The summed E-state index contributed by atoms with van der Waals surface area (Å²) in [6.07, 6.45) is 0. The molecule has 23 heavy (non-hydrogen) atoms. The molecule has 0 unspecified atom stereocenters. The van der Waals surface area contributed by atoms with Crippen LogP contribution < -0.4 is 4.74 Å². The molecule has 0 saturated carbocycles. The topological polar surface area (TPSA) is 69.4 Å². The number of hydrogen-bond donors (Lipinski definition) is 0. The Morgan fingerprint density at radius 2 is 1.65 bits per heavy atom. The molecule has 0 aliphatic carbocycles. The predicted octanol–water partition coefficient (Wildman–Crippen LogP) is 4.42. The van der Waals surface area contributed by atoms with Crippen molar-refractivity contribution in [3.05, 3.63) is 58.6 Å². The molecule has 0 heterocycles. The van der Waals surface area contributed by atoms with Gasteiger partial charge in [-0.1, -0.05) is 30.3 Å². The van der Waals surface area contributed by atoms with Crippen LogP contribution in [-0.2, 0) is 4.79 Å². The second-order valence-corrected chi connectivity index (χ2v) is 5.43. The van der Waals surface area contributed by atoms with Gasteiger partial charge in [-0.3, -0.25) is 14.9 Å². The molecule has 4 rings (SSSR count). The second-order valence-electron chi connectivity index (χ2n) is 5.43. The lowest BCUT2D eigenvalue weighted by molar-refractivity contribution is -0.383. The first-order valence-electron chi connectivity index (χ1n) is 7.09. The summed E-state index contributed by atoms with van der Waals surface area (Å²) in [6, 6.07) is 14.4. The standard InChI is InChI=1S/C18H11NO4/c1-10(20)23-16-9-14-15(19(21)22)8-7-12-6-5-11-3-2-4-13(16)17(11)18(12)14/h2-9H,1H3. The summed E-state index contributed by atoms with van der Waals surface area (Å²) in [5.41, 5.74) is 0.00385. The number of non-ortho nitro benzene ring substituents is 1. The molecule has 0 saturated heterocycles. The minimum atomic E-state index is -0.456. The van der Waals surface area contributed by atoms with Crippen LogP contribution in [0.4, 0.5) is 5.69 Å². The quantitative estimate of drug-likeness (QED) is 0.181. The van der Waals surface area contributed by atoms with Gasteiger partial charge in [-0.2, -0.15) is 0 Å². The number of nitrogens with zero attached hydrogens (tertiary/aromatic N) is 1. The first kappa shape index (κ1) is 13.5. The number of hydrogen-bond acceptors (Lipinski definition) is 4. The maximum atomic E-state index is 11.4. The van der Waals surface area contributed by atoms with Crippen LogP contribution in [-0.4, -0.2) is 10.9 Å². The first-order valence-corrected chi connectivity index (χ1v) is 7.09. The highest BCUT2D eigenvalue weighted by atomic mass is 16.6. The molecule has 5 heteroatoms. The summed E-state index contributed by atoms with van der Waals surface area (Å²) in [7, 11) is 0. The lowest BCUT2D eigenvalue weighted by Gasteiger charge is -2.14. The smallest absolute Gasteiger partial charge is 0.308 e. The molecular formula is C18H11NO4. The number of ether oxygens (including phenoxy) is 1. The minimum Gasteiger partial charge on any atom is -0.426 e. The van der Waals surface area contributed by atoms with Crippen molar-refractivity contribution in [2.75, 3.05) is 0 Å². The Hall–Kier alpha value is -3.21. The van der Waals surface area contributed by atoms with Gasteiger partial charge in [0.1, 0.15) is 5.75 Å². The van der Waals surface area contributed by atoms with Crippen molar-refractivity contribution in [2.45, 2.75) is 6.92 Å². The Morgan fingerprint density at radius 3 is 2.35 bits per heavy atom. The van der Waals surface area contributed by atoms with Gasteiger partial charge < -0.3 is 4.74 Å². The number of nitro benzene ring substituents is 1. The van der Waals surface area contributed by atoms with E-state index < -0.39 is 10.9 Å². The Morgan fingerprint density at radius 1 is 1.00 bits per heavy atom. The van der Waals surface area contributed by atoms with Crippen molar-refractivity contribution in [1.82, 2.24) is 0 Å². The molecule has 0 aliphatic rings. The molecule has 0 aliphatic heterocycles. The molecule has 0 spiro atoms. The highest BCUT2D eigenvalue weighted by molar-refractivity contribution is 6.26. The summed E-state index contributed by atoms with van der Waals surface area (Å²) < 4.78 is 5.30. The molecule has 0 atom stereocenters. The van der Waals surface area contributed by atoms with Gasteiger partial charge in [0.05, 0.1) is 10.3 Å². The maximum absolute atomic E-state index is 11.4. The fourth-order valence-corrected chi connectivity index (χ4v) is 3.17. The van der Waals surface area contributed by atoms with Crippen molar-refractivity contribution < 1.29 is 14.5 Å². The zero-order valence-corrected chi connectivity index (χ0v) is 12.2. The van der Waals surface area contributed by atoms with E-state index in [0.29, 0.717) is 11.1 Å². The zero-order valence-electron chi connectivity index (χ0n) is 12.2. The molecule has 0 amide bonds. The number of esters is 1. The molecule has 5 nitrogen and oxygen atoms in total. The molecule has 112 valence electrons.